The molecule has 0 unspecified atom stereocenters. The Labute approximate surface area is 231 Å². The van der Waals surface area contributed by atoms with E-state index in [0.717, 1.165) is 24.6 Å². The molecule has 4 N–H and O–H groups in total. The number of aromatic nitrogens is 1. The first-order valence-electron chi connectivity index (χ1n) is 12.8. The fourth-order valence-electron chi connectivity index (χ4n) is 3.98. The third-order valence-corrected chi connectivity index (χ3v) is 6.14. The van der Waals surface area contributed by atoms with Crippen molar-refractivity contribution in [2.75, 3.05) is 17.2 Å². The Kier molecular flexibility index (Phi) is 9.32. The van der Waals surface area contributed by atoms with Crippen LogP contribution in [0, 0.1) is 5.82 Å². The summed E-state index contributed by atoms with van der Waals surface area (Å²) < 4.78 is 19.2. The minimum absolute atomic E-state index is 0.0152. The molecule has 0 atom stereocenters. The lowest BCUT2D eigenvalue weighted by Crippen LogP contribution is -2.14. The maximum absolute atomic E-state index is 14.0. The quantitative estimate of drug-likeness (QED) is 0.172. The van der Waals surface area contributed by atoms with Crippen molar-refractivity contribution in [3.05, 3.63) is 113 Å². The summed E-state index contributed by atoms with van der Waals surface area (Å²) in [6.07, 6.45) is 4.10. The molecule has 0 saturated carbocycles. The summed E-state index contributed by atoms with van der Waals surface area (Å²) in [4.78, 5) is 41.9. The lowest BCUT2D eigenvalue weighted by Gasteiger charge is -2.13. The SMILES string of the molecule is CCCCOC(=O)c1cccc(NC(=O)c2cccc(-c3cc(C(=O)Nc4ccncc4F)ccc3CN)c2)c1. The smallest absolute Gasteiger partial charge is 0.338 e. The number of esters is 1. The molecular weight excluding hydrogens is 511 g/mol. The topological polar surface area (TPSA) is 123 Å². The number of nitrogens with two attached hydrogens (primary N) is 1. The monoisotopic (exact) mass is 540 g/mol. The molecule has 0 radical (unpaired) electrons. The van der Waals surface area contributed by atoms with Crippen LogP contribution in [0.4, 0.5) is 15.8 Å². The first kappa shape index (κ1) is 28.1. The Bertz CT molecular complexity index is 1540. The molecular formula is C31H29FN4O4. The molecule has 40 heavy (non-hydrogen) atoms. The molecule has 0 aliphatic carbocycles. The van der Waals surface area contributed by atoms with Gasteiger partial charge in [0.2, 0.25) is 0 Å². The van der Waals surface area contributed by atoms with Crippen molar-refractivity contribution in [2.24, 2.45) is 5.73 Å². The lowest BCUT2D eigenvalue weighted by atomic mass is 9.95. The van der Waals surface area contributed by atoms with E-state index in [1.165, 1.54) is 12.3 Å². The second-order valence-corrected chi connectivity index (χ2v) is 8.99. The van der Waals surface area contributed by atoms with Crippen molar-refractivity contribution < 1.29 is 23.5 Å². The molecule has 0 bridgehead atoms. The Balaban J connectivity index is 1.54. The van der Waals surface area contributed by atoms with Crippen molar-refractivity contribution in [3.8, 4) is 11.1 Å². The minimum Gasteiger partial charge on any atom is -0.462 e. The lowest BCUT2D eigenvalue weighted by molar-refractivity contribution is 0.0499. The van der Waals surface area contributed by atoms with E-state index in [1.54, 1.807) is 60.7 Å². The number of amides is 2. The molecule has 3 aromatic carbocycles. The second kappa shape index (κ2) is 13.3. The number of anilines is 2. The van der Waals surface area contributed by atoms with E-state index in [-0.39, 0.29) is 18.1 Å². The van der Waals surface area contributed by atoms with Crippen LogP contribution in [0.1, 0.15) is 56.4 Å². The number of rotatable bonds is 10. The maximum Gasteiger partial charge on any atom is 0.338 e. The summed E-state index contributed by atoms with van der Waals surface area (Å²) in [5.74, 6) is -1.98. The van der Waals surface area contributed by atoms with Gasteiger partial charge in [-0.1, -0.05) is 37.6 Å². The number of carbonyl (C=O) groups excluding carboxylic acids is 3. The number of nitrogens with zero attached hydrogens (tertiary/aromatic N) is 1. The molecule has 0 aliphatic heterocycles. The zero-order valence-corrected chi connectivity index (χ0v) is 21.9. The van der Waals surface area contributed by atoms with Gasteiger partial charge in [0, 0.05) is 29.6 Å². The third kappa shape index (κ3) is 6.95. The first-order chi connectivity index (χ1) is 19.4. The van der Waals surface area contributed by atoms with Crippen molar-refractivity contribution in [1.82, 2.24) is 4.98 Å². The number of ether oxygens (including phenoxy) is 1. The highest BCUT2D eigenvalue weighted by Gasteiger charge is 2.15. The Hall–Kier alpha value is -4.89. The van der Waals surface area contributed by atoms with Gasteiger partial charge in [-0.25, -0.2) is 9.18 Å². The van der Waals surface area contributed by atoms with Gasteiger partial charge in [-0.15, -0.1) is 0 Å². The summed E-state index contributed by atoms with van der Waals surface area (Å²) in [6, 6.07) is 19.8. The van der Waals surface area contributed by atoms with E-state index < -0.39 is 17.7 Å². The fourth-order valence-corrected chi connectivity index (χ4v) is 3.98. The van der Waals surface area contributed by atoms with Gasteiger partial charge in [0.05, 0.1) is 24.1 Å². The highest BCUT2D eigenvalue weighted by molar-refractivity contribution is 6.06. The zero-order valence-electron chi connectivity index (χ0n) is 21.9. The summed E-state index contributed by atoms with van der Waals surface area (Å²) in [6.45, 7) is 2.55. The minimum atomic E-state index is -0.646. The predicted octanol–water partition coefficient (Wildman–Crippen LogP) is 5.81. The average Bonchev–Trinajstić information content (AvgIpc) is 2.98. The molecule has 2 amide bonds. The summed E-state index contributed by atoms with van der Waals surface area (Å²) in [7, 11) is 0. The van der Waals surface area contributed by atoms with Gasteiger partial charge in [0.15, 0.2) is 5.82 Å². The van der Waals surface area contributed by atoms with E-state index in [2.05, 4.69) is 15.6 Å². The molecule has 4 aromatic rings. The Morgan fingerprint density at radius 2 is 1.65 bits per heavy atom. The number of hydrogen-bond acceptors (Lipinski definition) is 6. The molecule has 0 fully saturated rings. The van der Waals surface area contributed by atoms with Crippen LogP contribution in [0.15, 0.2) is 85.2 Å². The van der Waals surface area contributed by atoms with Crippen LogP contribution in [-0.2, 0) is 11.3 Å². The van der Waals surface area contributed by atoms with E-state index in [9.17, 15) is 18.8 Å². The molecule has 9 heteroatoms. The fraction of sp³-hybridized carbons (Fsp3) is 0.161. The number of carbonyl (C=O) groups is 3. The standard InChI is InChI=1S/C31H29FN4O4/c1-2-3-14-40-31(39)23-8-5-9-25(16-23)35-29(37)21-7-4-6-20(15-21)26-17-22(10-11-24(26)18-33)30(38)36-28-12-13-34-19-27(28)32/h4-13,15-17,19H,2-3,14,18,33H2,1H3,(H,35,37)(H,34,36,38). The van der Waals surface area contributed by atoms with Gasteiger partial charge in [-0.3, -0.25) is 14.6 Å². The Morgan fingerprint density at radius 3 is 2.42 bits per heavy atom. The van der Waals surface area contributed by atoms with Crippen LogP contribution in [-0.4, -0.2) is 29.4 Å². The van der Waals surface area contributed by atoms with Crippen LogP contribution in [0.25, 0.3) is 11.1 Å². The molecule has 1 heterocycles. The van der Waals surface area contributed by atoms with E-state index in [1.807, 2.05) is 13.0 Å². The molecule has 1 aromatic heterocycles. The predicted molar refractivity (Wildman–Crippen MR) is 152 cm³/mol. The summed E-state index contributed by atoms with van der Waals surface area (Å²) in [5.41, 5.74) is 9.53. The van der Waals surface area contributed by atoms with Gasteiger partial charge in [-0.2, -0.15) is 0 Å². The zero-order chi connectivity index (χ0) is 28.5. The van der Waals surface area contributed by atoms with E-state index in [4.69, 9.17) is 10.5 Å². The molecule has 0 spiro atoms. The summed E-state index contributed by atoms with van der Waals surface area (Å²) >= 11 is 0. The van der Waals surface area contributed by atoms with Crippen molar-refractivity contribution in [2.45, 2.75) is 26.3 Å². The van der Waals surface area contributed by atoms with Crippen LogP contribution in [0.5, 0.6) is 0 Å². The van der Waals surface area contributed by atoms with E-state index in [0.29, 0.717) is 40.1 Å². The number of halogens is 1. The van der Waals surface area contributed by atoms with Crippen LogP contribution < -0.4 is 16.4 Å². The van der Waals surface area contributed by atoms with Crippen molar-refractivity contribution in [1.29, 1.82) is 0 Å². The van der Waals surface area contributed by atoms with Crippen molar-refractivity contribution in [3.63, 3.8) is 0 Å². The highest BCUT2D eigenvalue weighted by atomic mass is 19.1. The number of pyridine rings is 1. The number of nitrogens with one attached hydrogen (secondary N) is 2. The Morgan fingerprint density at radius 1 is 0.900 bits per heavy atom. The largest absolute Gasteiger partial charge is 0.462 e. The molecule has 0 saturated heterocycles. The summed E-state index contributed by atoms with van der Waals surface area (Å²) in [5, 5.41) is 5.36. The number of benzene rings is 3. The average molecular weight is 541 g/mol. The van der Waals surface area contributed by atoms with Gasteiger partial charge >= 0.3 is 5.97 Å². The maximum atomic E-state index is 14.0. The molecule has 0 aliphatic rings. The van der Waals surface area contributed by atoms with Crippen LogP contribution in [0.3, 0.4) is 0 Å². The van der Waals surface area contributed by atoms with Gasteiger partial charge < -0.3 is 21.1 Å². The molecule has 204 valence electrons. The van der Waals surface area contributed by atoms with Gasteiger partial charge in [0.1, 0.15) is 0 Å². The number of hydrogen-bond donors (Lipinski definition) is 3. The first-order valence-corrected chi connectivity index (χ1v) is 12.8. The normalized spacial score (nSPS) is 10.6. The number of unbranched alkanes of at least 4 members (excludes halogenated alkanes) is 1. The highest BCUT2D eigenvalue weighted by Crippen LogP contribution is 2.27. The molecule has 8 nitrogen and oxygen atoms in total. The van der Waals surface area contributed by atoms with Crippen molar-refractivity contribution >= 4 is 29.2 Å². The second-order valence-electron chi connectivity index (χ2n) is 8.99. The van der Waals surface area contributed by atoms with Crippen LogP contribution in [0.2, 0.25) is 0 Å². The van der Waals surface area contributed by atoms with Gasteiger partial charge in [-0.05, 0) is 71.6 Å². The van der Waals surface area contributed by atoms with Gasteiger partial charge in [0.25, 0.3) is 11.8 Å². The molecule has 4 rings (SSSR count). The van der Waals surface area contributed by atoms with Crippen LogP contribution >= 0.6 is 0 Å². The third-order valence-electron chi connectivity index (χ3n) is 6.14. The van der Waals surface area contributed by atoms with E-state index >= 15 is 0 Å².